The third kappa shape index (κ3) is 3.26. The third-order valence-electron chi connectivity index (χ3n) is 4.41. The number of hydrogen-bond acceptors (Lipinski definition) is 4. The zero-order valence-corrected chi connectivity index (χ0v) is 15.0. The van der Waals surface area contributed by atoms with Gasteiger partial charge in [0.15, 0.2) is 0 Å². The molecule has 4 nitrogen and oxygen atoms in total. The van der Waals surface area contributed by atoms with Crippen LogP contribution in [-0.2, 0) is 11.4 Å². The predicted octanol–water partition coefficient (Wildman–Crippen LogP) is 5.22. The molecule has 4 aromatic rings. The second-order valence-electron chi connectivity index (χ2n) is 6.19. The molecule has 0 aliphatic rings. The van der Waals surface area contributed by atoms with Crippen LogP contribution in [-0.4, -0.2) is 16.1 Å². The molecule has 1 atom stereocenters. The van der Waals surface area contributed by atoms with Crippen molar-refractivity contribution in [3.8, 4) is 5.75 Å². The standard InChI is InChI=1S/C21H17NO3S/c1-13(21(23)24)14-6-7-16-11-17(9-8-15(16)10-14)25-12-20-22-18-4-2-3-5-19(18)26-20/h2-11,13H,12H2,1H3,(H,23,24)/t13-/m0/s1. The topological polar surface area (TPSA) is 59.4 Å². The first-order valence-electron chi connectivity index (χ1n) is 8.34. The molecule has 4 rings (SSSR count). The van der Waals surface area contributed by atoms with Crippen molar-refractivity contribution in [3.63, 3.8) is 0 Å². The normalized spacial score (nSPS) is 12.3. The van der Waals surface area contributed by atoms with Gasteiger partial charge in [-0.1, -0.05) is 36.4 Å². The molecular formula is C21H17NO3S. The lowest BCUT2D eigenvalue weighted by atomic mass is 9.98. The minimum atomic E-state index is -0.819. The fourth-order valence-corrected chi connectivity index (χ4v) is 3.75. The molecule has 0 aliphatic carbocycles. The lowest BCUT2D eigenvalue weighted by molar-refractivity contribution is -0.138. The van der Waals surface area contributed by atoms with Gasteiger partial charge in [0.2, 0.25) is 0 Å². The summed E-state index contributed by atoms with van der Waals surface area (Å²) in [5.74, 6) is -0.565. The molecule has 0 saturated carbocycles. The Hall–Kier alpha value is -2.92. The lowest BCUT2D eigenvalue weighted by Gasteiger charge is -2.09. The number of thiazole rings is 1. The van der Waals surface area contributed by atoms with Crippen LogP contribution in [0.5, 0.6) is 5.75 Å². The van der Waals surface area contributed by atoms with E-state index in [0.29, 0.717) is 6.61 Å². The molecule has 0 bridgehead atoms. The van der Waals surface area contributed by atoms with Crippen molar-refractivity contribution in [2.45, 2.75) is 19.4 Å². The average Bonchev–Trinajstić information content (AvgIpc) is 3.08. The molecule has 5 heteroatoms. The van der Waals surface area contributed by atoms with Crippen molar-refractivity contribution in [1.82, 2.24) is 4.98 Å². The molecular weight excluding hydrogens is 346 g/mol. The molecule has 0 spiro atoms. The molecule has 0 aliphatic heterocycles. The van der Waals surface area contributed by atoms with Gasteiger partial charge in [-0.2, -0.15) is 0 Å². The fourth-order valence-electron chi connectivity index (χ4n) is 2.87. The Morgan fingerprint density at radius 1 is 1.12 bits per heavy atom. The van der Waals surface area contributed by atoms with Crippen molar-refractivity contribution in [2.24, 2.45) is 0 Å². The minimum Gasteiger partial charge on any atom is -0.486 e. The van der Waals surface area contributed by atoms with Crippen molar-refractivity contribution in [2.75, 3.05) is 0 Å². The Labute approximate surface area is 154 Å². The van der Waals surface area contributed by atoms with E-state index in [-0.39, 0.29) is 0 Å². The Balaban J connectivity index is 1.53. The van der Waals surface area contributed by atoms with Crippen LogP contribution in [0.2, 0.25) is 0 Å². The van der Waals surface area contributed by atoms with Gasteiger partial charge in [0.05, 0.1) is 16.1 Å². The summed E-state index contributed by atoms with van der Waals surface area (Å²) < 4.78 is 7.06. The Kier molecular flexibility index (Phi) is 4.31. The van der Waals surface area contributed by atoms with Gasteiger partial charge in [-0.25, -0.2) is 4.98 Å². The molecule has 1 aromatic heterocycles. The summed E-state index contributed by atoms with van der Waals surface area (Å²) in [5, 5.41) is 12.1. The highest BCUT2D eigenvalue weighted by molar-refractivity contribution is 7.18. The van der Waals surface area contributed by atoms with E-state index in [4.69, 9.17) is 9.84 Å². The van der Waals surface area contributed by atoms with Crippen LogP contribution in [0.1, 0.15) is 23.4 Å². The highest BCUT2D eigenvalue weighted by Crippen LogP contribution is 2.27. The molecule has 0 amide bonds. The maximum Gasteiger partial charge on any atom is 0.310 e. The molecule has 0 fully saturated rings. The van der Waals surface area contributed by atoms with E-state index < -0.39 is 11.9 Å². The van der Waals surface area contributed by atoms with Crippen LogP contribution in [0.25, 0.3) is 21.0 Å². The molecule has 0 saturated heterocycles. The van der Waals surface area contributed by atoms with Crippen molar-refractivity contribution in [3.05, 3.63) is 71.2 Å². The molecule has 3 aromatic carbocycles. The average molecular weight is 363 g/mol. The summed E-state index contributed by atoms with van der Waals surface area (Å²) in [7, 11) is 0. The van der Waals surface area contributed by atoms with E-state index in [2.05, 4.69) is 11.1 Å². The number of carboxylic acid groups (broad SMARTS) is 1. The Bertz CT molecular complexity index is 1070. The van der Waals surface area contributed by atoms with Gasteiger partial charge in [0, 0.05) is 0 Å². The zero-order chi connectivity index (χ0) is 18.1. The van der Waals surface area contributed by atoms with Crippen molar-refractivity contribution >= 4 is 38.3 Å². The lowest BCUT2D eigenvalue weighted by Crippen LogP contribution is -2.07. The number of carbonyl (C=O) groups is 1. The van der Waals surface area contributed by atoms with Crippen LogP contribution in [0, 0.1) is 0 Å². The zero-order valence-electron chi connectivity index (χ0n) is 14.2. The number of hydrogen-bond donors (Lipinski definition) is 1. The summed E-state index contributed by atoms with van der Waals surface area (Å²) in [6, 6.07) is 19.6. The number of aromatic nitrogens is 1. The first kappa shape index (κ1) is 16.5. The van der Waals surface area contributed by atoms with Gasteiger partial charge >= 0.3 is 5.97 Å². The second-order valence-corrected chi connectivity index (χ2v) is 7.31. The van der Waals surface area contributed by atoms with Crippen LogP contribution in [0.15, 0.2) is 60.7 Å². The van der Waals surface area contributed by atoms with Gasteiger partial charge < -0.3 is 9.84 Å². The molecule has 1 N–H and O–H groups in total. The smallest absolute Gasteiger partial charge is 0.310 e. The third-order valence-corrected chi connectivity index (χ3v) is 5.42. The highest BCUT2D eigenvalue weighted by Gasteiger charge is 2.14. The molecule has 1 heterocycles. The molecule has 0 unspecified atom stereocenters. The highest BCUT2D eigenvalue weighted by atomic mass is 32.1. The maximum absolute atomic E-state index is 11.1. The van der Waals surface area contributed by atoms with Crippen molar-refractivity contribution < 1.29 is 14.6 Å². The maximum atomic E-state index is 11.1. The molecule has 26 heavy (non-hydrogen) atoms. The minimum absolute atomic E-state index is 0.430. The van der Waals surface area contributed by atoms with Gasteiger partial charge in [-0.05, 0) is 47.5 Å². The molecule has 130 valence electrons. The number of ether oxygens (including phenoxy) is 1. The number of benzene rings is 3. The number of aliphatic carboxylic acids is 1. The fraction of sp³-hybridized carbons (Fsp3) is 0.143. The van der Waals surface area contributed by atoms with Crippen LogP contribution < -0.4 is 4.74 Å². The second kappa shape index (κ2) is 6.77. The van der Waals surface area contributed by atoms with Gasteiger partial charge in [-0.3, -0.25) is 4.79 Å². The number of nitrogens with zero attached hydrogens (tertiary/aromatic N) is 1. The van der Waals surface area contributed by atoms with E-state index in [1.165, 1.54) is 0 Å². The van der Waals surface area contributed by atoms with Crippen LogP contribution in [0.4, 0.5) is 0 Å². The predicted molar refractivity (Wildman–Crippen MR) is 104 cm³/mol. The van der Waals surface area contributed by atoms with E-state index in [0.717, 1.165) is 37.3 Å². The SMILES string of the molecule is C[C@H](C(=O)O)c1ccc2cc(OCc3nc4ccccc4s3)ccc2c1. The summed E-state index contributed by atoms with van der Waals surface area (Å²) >= 11 is 1.64. The van der Waals surface area contributed by atoms with Crippen molar-refractivity contribution in [1.29, 1.82) is 0 Å². The van der Waals surface area contributed by atoms with Crippen LogP contribution in [0.3, 0.4) is 0 Å². The quantitative estimate of drug-likeness (QED) is 0.528. The van der Waals surface area contributed by atoms with E-state index >= 15 is 0 Å². The monoisotopic (exact) mass is 363 g/mol. The summed E-state index contributed by atoms with van der Waals surface area (Å²) in [4.78, 5) is 15.7. The summed E-state index contributed by atoms with van der Waals surface area (Å²) in [5.41, 5.74) is 1.79. The number of carboxylic acids is 1. The number of rotatable bonds is 5. The Morgan fingerprint density at radius 3 is 2.69 bits per heavy atom. The number of fused-ring (bicyclic) bond motifs is 2. The molecule has 0 radical (unpaired) electrons. The van der Waals surface area contributed by atoms with E-state index in [1.807, 2.05) is 54.6 Å². The first-order chi connectivity index (χ1) is 12.6. The summed E-state index contributed by atoms with van der Waals surface area (Å²) in [6.45, 7) is 2.12. The number of para-hydroxylation sites is 1. The summed E-state index contributed by atoms with van der Waals surface area (Å²) in [6.07, 6.45) is 0. The first-order valence-corrected chi connectivity index (χ1v) is 9.15. The van der Waals surface area contributed by atoms with Gasteiger partial charge in [-0.15, -0.1) is 11.3 Å². The van der Waals surface area contributed by atoms with E-state index in [9.17, 15) is 4.79 Å². The van der Waals surface area contributed by atoms with Gasteiger partial charge in [0.25, 0.3) is 0 Å². The van der Waals surface area contributed by atoms with E-state index in [1.54, 1.807) is 18.3 Å². The Morgan fingerprint density at radius 2 is 1.88 bits per heavy atom. The van der Waals surface area contributed by atoms with Gasteiger partial charge in [0.1, 0.15) is 17.4 Å². The largest absolute Gasteiger partial charge is 0.486 e. The van der Waals surface area contributed by atoms with Crippen LogP contribution >= 0.6 is 11.3 Å².